The number of fused-ring (bicyclic) bond motifs is 1. The van der Waals surface area contributed by atoms with Crippen LogP contribution in [0, 0.1) is 6.92 Å². The number of hydrogen-bond acceptors (Lipinski definition) is 5. The van der Waals surface area contributed by atoms with Crippen molar-refractivity contribution in [1.82, 2.24) is 19.5 Å². The van der Waals surface area contributed by atoms with Gasteiger partial charge in [0.2, 0.25) is 5.88 Å². The topological polar surface area (TPSA) is 52.8 Å². The van der Waals surface area contributed by atoms with Crippen LogP contribution in [-0.4, -0.2) is 26.6 Å². The van der Waals surface area contributed by atoms with Gasteiger partial charge in [0.25, 0.3) is 0 Å². The van der Waals surface area contributed by atoms with Crippen molar-refractivity contribution in [2.75, 3.05) is 7.11 Å². The number of ether oxygens (including phenoxy) is 1. The molecule has 0 aliphatic rings. The molecule has 3 aromatic heterocycles. The van der Waals surface area contributed by atoms with Crippen LogP contribution in [0.2, 0.25) is 0 Å². The van der Waals surface area contributed by atoms with Crippen molar-refractivity contribution in [2.45, 2.75) is 25.8 Å². The number of nitrogens with zero attached hydrogens (tertiary/aromatic N) is 4. The van der Waals surface area contributed by atoms with Crippen LogP contribution >= 0.6 is 22.9 Å². The summed E-state index contributed by atoms with van der Waals surface area (Å²) in [5.41, 5.74) is 1.58. The molecule has 1 atom stereocenters. The zero-order valence-electron chi connectivity index (χ0n) is 12.0. The summed E-state index contributed by atoms with van der Waals surface area (Å²) in [4.78, 5) is 14.7. The van der Waals surface area contributed by atoms with Crippen LogP contribution in [0.15, 0.2) is 18.3 Å². The largest absolute Gasteiger partial charge is 0.481 e. The van der Waals surface area contributed by atoms with Gasteiger partial charge >= 0.3 is 0 Å². The van der Waals surface area contributed by atoms with E-state index in [-0.39, 0.29) is 6.04 Å². The normalized spacial score (nSPS) is 12.8. The van der Waals surface area contributed by atoms with Crippen molar-refractivity contribution < 1.29 is 4.74 Å². The summed E-state index contributed by atoms with van der Waals surface area (Å²) >= 11 is 7.72. The van der Waals surface area contributed by atoms with E-state index in [1.54, 1.807) is 24.5 Å². The first-order chi connectivity index (χ1) is 10.1. The molecule has 0 spiro atoms. The molecule has 0 aliphatic heterocycles. The number of alkyl halides is 1. The predicted octanol–water partition coefficient (Wildman–Crippen LogP) is 3.55. The van der Waals surface area contributed by atoms with E-state index in [2.05, 4.69) is 21.9 Å². The average Bonchev–Trinajstić information content (AvgIpc) is 3.08. The van der Waals surface area contributed by atoms with Crippen LogP contribution in [0.1, 0.15) is 28.7 Å². The number of halogens is 1. The van der Waals surface area contributed by atoms with Crippen molar-refractivity contribution in [3.05, 3.63) is 34.0 Å². The van der Waals surface area contributed by atoms with Crippen molar-refractivity contribution >= 4 is 34.1 Å². The van der Waals surface area contributed by atoms with Gasteiger partial charge in [-0.3, -0.25) is 0 Å². The van der Waals surface area contributed by atoms with Gasteiger partial charge in [-0.2, -0.15) is 4.98 Å². The van der Waals surface area contributed by atoms with E-state index in [4.69, 9.17) is 16.3 Å². The van der Waals surface area contributed by atoms with E-state index >= 15 is 0 Å². The standard InChI is InChI=1S/C14H15ClN4OS/c1-8-7-16-14(21-8)9(2)19-11(6-15)17-10-4-5-12(20-3)18-13(10)19/h4-5,7,9H,6H2,1-3H3. The Bertz CT molecular complexity index is 782. The van der Waals surface area contributed by atoms with Crippen LogP contribution in [0.3, 0.4) is 0 Å². The summed E-state index contributed by atoms with van der Waals surface area (Å²) in [6.45, 7) is 4.13. The van der Waals surface area contributed by atoms with Gasteiger partial charge in [0.05, 0.1) is 19.0 Å². The Morgan fingerprint density at radius 3 is 2.81 bits per heavy atom. The molecule has 0 fully saturated rings. The van der Waals surface area contributed by atoms with Crippen LogP contribution < -0.4 is 4.74 Å². The zero-order valence-corrected chi connectivity index (χ0v) is 13.6. The SMILES string of the molecule is COc1ccc2nc(CCl)n(C(C)c3ncc(C)s3)c2n1. The lowest BCUT2D eigenvalue weighted by atomic mass is 10.3. The van der Waals surface area contributed by atoms with Crippen LogP contribution in [-0.2, 0) is 5.88 Å². The van der Waals surface area contributed by atoms with E-state index < -0.39 is 0 Å². The van der Waals surface area contributed by atoms with Crippen LogP contribution in [0.25, 0.3) is 11.2 Å². The number of thiazole rings is 1. The van der Waals surface area contributed by atoms with Crippen LogP contribution in [0.4, 0.5) is 0 Å². The number of methoxy groups -OCH3 is 1. The molecule has 3 heterocycles. The molecule has 3 aromatic rings. The fraction of sp³-hybridized carbons (Fsp3) is 0.357. The molecule has 0 aliphatic carbocycles. The summed E-state index contributed by atoms with van der Waals surface area (Å²) in [6, 6.07) is 3.73. The highest BCUT2D eigenvalue weighted by molar-refractivity contribution is 7.11. The fourth-order valence-electron chi connectivity index (χ4n) is 2.29. The molecule has 0 radical (unpaired) electrons. The van der Waals surface area contributed by atoms with E-state index in [9.17, 15) is 0 Å². The van der Waals surface area contributed by atoms with Crippen molar-refractivity contribution in [3.8, 4) is 5.88 Å². The number of hydrogen-bond donors (Lipinski definition) is 0. The number of rotatable bonds is 4. The number of aromatic nitrogens is 4. The lowest BCUT2D eigenvalue weighted by molar-refractivity contribution is 0.398. The third-order valence-corrected chi connectivity index (χ3v) is 4.62. The summed E-state index contributed by atoms with van der Waals surface area (Å²) in [6.07, 6.45) is 1.88. The third kappa shape index (κ3) is 2.49. The Hall–Kier alpha value is -1.66. The van der Waals surface area contributed by atoms with Gasteiger partial charge in [0, 0.05) is 17.1 Å². The van der Waals surface area contributed by atoms with E-state index in [1.807, 2.05) is 23.8 Å². The van der Waals surface area contributed by atoms with Gasteiger partial charge < -0.3 is 9.30 Å². The van der Waals surface area contributed by atoms with Gasteiger partial charge in [0.15, 0.2) is 5.65 Å². The lowest BCUT2D eigenvalue weighted by Crippen LogP contribution is -2.10. The Morgan fingerprint density at radius 1 is 1.38 bits per heavy atom. The summed E-state index contributed by atoms with van der Waals surface area (Å²) in [7, 11) is 1.60. The number of pyridine rings is 1. The van der Waals surface area contributed by atoms with Gasteiger partial charge in [-0.15, -0.1) is 22.9 Å². The molecule has 3 rings (SSSR count). The molecular formula is C14H15ClN4OS. The molecule has 21 heavy (non-hydrogen) atoms. The highest BCUT2D eigenvalue weighted by Gasteiger charge is 2.20. The Morgan fingerprint density at radius 2 is 2.19 bits per heavy atom. The lowest BCUT2D eigenvalue weighted by Gasteiger charge is -2.14. The first kappa shape index (κ1) is 14.3. The fourth-order valence-corrected chi connectivity index (χ4v) is 3.30. The molecule has 7 heteroatoms. The molecule has 0 saturated heterocycles. The summed E-state index contributed by atoms with van der Waals surface area (Å²) in [5, 5.41) is 1.02. The molecule has 0 bridgehead atoms. The van der Waals surface area contributed by atoms with E-state index in [1.165, 1.54) is 4.88 Å². The third-order valence-electron chi connectivity index (χ3n) is 3.30. The van der Waals surface area contributed by atoms with Crippen LogP contribution in [0.5, 0.6) is 5.88 Å². The molecule has 0 N–H and O–H groups in total. The maximum Gasteiger partial charge on any atom is 0.215 e. The van der Waals surface area contributed by atoms with E-state index in [0.29, 0.717) is 11.8 Å². The summed E-state index contributed by atoms with van der Waals surface area (Å²) in [5.74, 6) is 1.67. The van der Waals surface area contributed by atoms with E-state index in [0.717, 1.165) is 22.0 Å². The maximum atomic E-state index is 6.05. The Kier molecular flexibility index (Phi) is 3.82. The minimum Gasteiger partial charge on any atom is -0.481 e. The molecule has 0 amide bonds. The van der Waals surface area contributed by atoms with Crippen molar-refractivity contribution in [3.63, 3.8) is 0 Å². The quantitative estimate of drug-likeness (QED) is 0.689. The summed E-state index contributed by atoms with van der Waals surface area (Å²) < 4.78 is 7.24. The molecule has 0 saturated carbocycles. The zero-order chi connectivity index (χ0) is 15.0. The molecule has 0 aromatic carbocycles. The smallest absolute Gasteiger partial charge is 0.215 e. The number of imidazole rings is 1. The molecule has 5 nitrogen and oxygen atoms in total. The maximum absolute atomic E-state index is 6.05. The van der Waals surface area contributed by atoms with Gasteiger partial charge in [-0.1, -0.05) is 0 Å². The van der Waals surface area contributed by atoms with Crippen molar-refractivity contribution in [2.24, 2.45) is 0 Å². The second kappa shape index (κ2) is 5.61. The Labute approximate surface area is 131 Å². The highest BCUT2D eigenvalue weighted by Crippen LogP contribution is 2.29. The first-order valence-corrected chi connectivity index (χ1v) is 7.89. The predicted molar refractivity (Wildman–Crippen MR) is 84.3 cm³/mol. The average molecular weight is 323 g/mol. The second-order valence-electron chi connectivity index (χ2n) is 4.71. The molecule has 1 unspecified atom stereocenters. The Balaban J connectivity index is 2.18. The molecule has 110 valence electrons. The second-order valence-corrected chi connectivity index (χ2v) is 6.25. The van der Waals surface area contributed by atoms with Gasteiger partial charge in [-0.25, -0.2) is 9.97 Å². The van der Waals surface area contributed by atoms with Gasteiger partial charge in [-0.05, 0) is 19.9 Å². The van der Waals surface area contributed by atoms with Gasteiger partial charge in [0.1, 0.15) is 16.3 Å². The highest BCUT2D eigenvalue weighted by atomic mass is 35.5. The number of aryl methyl sites for hydroxylation is 1. The minimum absolute atomic E-state index is 0.0297. The molecular weight excluding hydrogens is 308 g/mol. The van der Waals surface area contributed by atoms with Crippen molar-refractivity contribution in [1.29, 1.82) is 0 Å². The monoisotopic (exact) mass is 322 g/mol. The first-order valence-electron chi connectivity index (χ1n) is 6.54. The minimum atomic E-state index is 0.0297.